The van der Waals surface area contributed by atoms with Crippen molar-refractivity contribution >= 4 is 17.0 Å². The zero-order valence-electron chi connectivity index (χ0n) is 17.8. The Morgan fingerprint density at radius 2 is 1.81 bits per heavy atom. The lowest BCUT2D eigenvalue weighted by Gasteiger charge is -2.06. The average Bonchev–Trinajstić information content (AvgIpc) is 3.31. The van der Waals surface area contributed by atoms with E-state index >= 15 is 0 Å². The van der Waals surface area contributed by atoms with Crippen molar-refractivity contribution in [2.75, 3.05) is 5.32 Å². The molecule has 3 aromatic heterocycles. The first-order chi connectivity index (χ1) is 15.1. The molecule has 5 rings (SSSR count). The molecule has 0 saturated carbocycles. The van der Waals surface area contributed by atoms with Gasteiger partial charge >= 0.3 is 0 Å². The molecule has 31 heavy (non-hydrogen) atoms. The lowest BCUT2D eigenvalue weighted by molar-refractivity contribution is 0.393. The van der Waals surface area contributed by atoms with Crippen molar-refractivity contribution in [3.05, 3.63) is 84.0 Å². The van der Waals surface area contributed by atoms with Gasteiger partial charge in [-0.3, -0.25) is 0 Å². The fourth-order valence-electron chi connectivity index (χ4n) is 3.99. The summed E-state index contributed by atoms with van der Waals surface area (Å²) in [5.74, 6) is 1.44. The van der Waals surface area contributed by atoms with E-state index in [1.54, 1.807) is 0 Å². The smallest absolute Gasteiger partial charge is 0.224 e. The summed E-state index contributed by atoms with van der Waals surface area (Å²) in [6.45, 7) is 4.59. The van der Waals surface area contributed by atoms with Crippen LogP contribution in [0.15, 0.2) is 71.5 Å². The lowest BCUT2D eigenvalue weighted by atomic mass is 9.98. The molecule has 0 fully saturated rings. The van der Waals surface area contributed by atoms with E-state index < -0.39 is 0 Å². The van der Waals surface area contributed by atoms with Gasteiger partial charge in [0, 0.05) is 42.5 Å². The Labute approximate surface area is 180 Å². The second kappa shape index (κ2) is 7.72. The van der Waals surface area contributed by atoms with Crippen LogP contribution in [0.1, 0.15) is 17.0 Å². The van der Waals surface area contributed by atoms with Gasteiger partial charge in [-0.1, -0.05) is 53.7 Å². The molecule has 5 aromatic rings. The van der Waals surface area contributed by atoms with Crippen molar-refractivity contribution in [1.29, 1.82) is 0 Å². The summed E-state index contributed by atoms with van der Waals surface area (Å²) in [5, 5.41) is 8.43. The normalized spacial score (nSPS) is 11.2. The fraction of sp³-hybridized carbons (Fsp3) is 0.160. The van der Waals surface area contributed by atoms with E-state index in [1.807, 2.05) is 49.9 Å². The highest BCUT2D eigenvalue weighted by molar-refractivity contribution is 5.95. The highest BCUT2D eigenvalue weighted by atomic mass is 16.5. The Morgan fingerprint density at radius 3 is 2.58 bits per heavy atom. The largest absolute Gasteiger partial charge is 0.361 e. The fourth-order valence-corrected chi connectivity index (χ4v) is 3.99. The van der Waals surface area contributed by atoms with Gasteiger partial charge in [0.25, 0.3) is 0 Å². The summed E-state index contributed by atoms with van der Waals surface area (Å²) in [5.41, 5.74) is 7.32. The SMILES string of the molecule is Cc1noc(C)c1-c1cccc(-c2cn(C)c3nc(NCc4ccccc4)ncc23)c1. The molecule has 0 aliphatic carbocycles. The van der Waals surface area contributed by atoms with Crippen LogP contribution in [-0.2, 0) is 13.6 Å². The first kappa shape index (κ1) is 19.1. The molecule has 0 saturated heterocycles. The van der Waals surface area contributed by atoms with Crippen LogP contribution in [-0.4, -0.2) is 19.7 Å². The summed E-state index contributed by atoms with van der Waals surface area (Å²) in [6.07, 6.45) is 4.00. The van der Waals surface area contributed by atoms with Gasteiger partial charge in [-0.15, -0.1) is 0 Å². The van der Waals surface area contributed by atoms with E-state index in [9.17, 15) is 0 Å². The predicted octanol–water partition coefficient (Wildman–Crippen LogP) is 5.52. The molecule has 6 heteroatoms. The molecule has 154 valence electrons. The molecule has 3 heterocycles. The molecule has 0 unspecified atom stereocenters. The number of hydrogen-bond donors (Lipinski definition) is 1. The third-order valence-electron chi connectivity index (χ3n) is 5.50. The van der Waals surface area contributed by atoms with E-state index in [1.165, 1.54) is 5.56 Å². The van der Waals surface area contributed by atoms with Crippen LogP contribution in [0.5, 0.6) is 0 Å². The monoisotopic (exact) mass is 409 g/mol. The van der Waals surface area contributed by atoms with Crippen LogP contribution in [0.3, 0.4) is 0 Å². The summed E-state index contributed by atoms with van der Waals surface area (Å²) < 4.78 is 7.40. The number of rotatable bonds is 5. The Hall–Kier alpha value is -3.93. The van der Waals surface area contributed by atoms with Crippen LogP contribution in [0.25, 0.3) is 33.3 Å². The Bertz CT molecular complexity index is 1350. The predicted molar refractivity (Wildman–Crippen MR) is 123 cm³/mol. The number of nitrogens with zero attached hydrogens (tertiary/aromatic N) is 4. The van der Waals surface area contributed by atoms with Crippen molar-refractivity contribution in [3.63, 3.8) is 0 Å². The molecule has 0 aliphatic rings. The van der Waals surface area contributed by atoms with Crippen molar-refractivity contribution in [2.45, 2.75) is 20.4 Å². The van der Waals surface area contributed by atoms with Crippen LogP contribution in [0.4, 0.5) is 5.95 Å². The van der Waals surface area contributed by atoms with Crippen molar-refractivity contribution in [1.82, 2.24) is 19.7 Å². The van der Waals surface area contributed by atoms with Crippen molar-refractivity contribution in [3.8, 4) is 22.3 Å². The highest BCUT2D eigenvalue weighted by Crippen LogP contribution is 2.34. The quantitative estimate of drug-likeness (QED) is 0.414. The maximum Gasteiger partial charge on any atom is 0.224 e. The average molecular weight is 409 g/mol. The first-order valence-corrected chi connectivity index (χ1v) is 10.2. The Balaban J connectivity index is 1.49. The molecule has 2 aromatic carbocycles. The minimum absolute atomic E-state index is 0.619. The number of anilines is 1. The van der Waals surface area contributed by atoms with Crippen LogP contribution in [0.2, 0.25) is 0 Å². The Kier molecular flexibility index (Phi) is 4.75. The molecule has 0 radical (unpaired) electrons. The molecule has 0 spiro atoms. The van der Waals surface area contributed by atoms with Gasteiger partial charge in [-0.25, -0.2) is 4.98 Å². The van der Waals surface area contributed by atoms with E-state index in [0.29, 0.717) is 12.5 Å². The van der Waals surface area contributed by atoms with Crippen molar-refractivity contribution in [2.24, 2.45) is 7.05 Å². The summed E-state index contributed by atoms with van der Waals surface area (Å²) in [7, 11) is 2.01. The van der Waals surface area contributed by atoms with Crippen LogP contribution < -0.4 is 5.32 Å². The Morgan fingerprint density at radius 1 is 1.00 bits per heavy atom. The number of aromatic nitrogens is 4. The number of hydrogen-bond acceptors (Lipinski definition) is 5. The standard InChI is InChI=1S/C25H23N5O/c1-16-23(17(2)31-29-16)20-11-7-10-19(12-20)22-15-30(3)24-21(22)14-27-25(28-24)26-13-18-8-5-4-6-9-18/h4-12,14-15H,13H2,1-3H3,(H,26,27,28). The minimum Gasteiger partial charge on any atom is -0.361 e. The number of fused-ring (bicyclic) bond motifs is 1. The third-order valence-corrected chi connectivity index (χ3v) is 5.50. The maximum atomic E-state index is 5.36. The number of aryl methyl sites for hydroxylation is 3. The molecule has 6 nitrogen and oxygen atoms in total. The molecule has 0 bridgehead atoms. The highest BCUT2D eigenvalue weighted by Gasteiger charge is 2.15. The summed E-state index contributed by atoms with van der Waals surface area (Å²) in [4.78, 5) is 9.31. The van der Waals surface area contributed by atoms with Gasteiger partial charge in [0.1, 0.15) is 11.4 Å². The molecule has 1 N–H and O–H groups in total. The van der Waals surface area contributed by atoms with Gasteiger partial charge < -0.3 is 14.4 Å². The second-order valence-corrected chi connectivity index (χ2v) is 7.70. The number of nitrogens with one attached hydrogen (secondary N) is 1. The molecule has 0 atom stereocenters. The van der Waals surface area contributed by atoms with Crippen LogP contribution in [0, 0.1) is 13.8 Å². The van der Waals surface area contributed by atoms with E-state index in [4.69, 9.17) is 9.51 Å². The summed E-state index contributed by atoms with van der Waals surface area (Å²) >= 11 is 0. The topological polar surface area (TPSA) is 68.8 Å². The lowest BCUT2D eigenvalue weighted by Crippen LogP contribution is -2.04. The summed E-state index contributed by atoms with van der Waals surface area (Å²) in [6, 6.07) is 18.7. The van der Waals surface area contributed by atoms with Crippen molar-refractivity contribution < 1.29 is 4.52 Å². The minimum atomic E-state index is 0.619. The molecular weight excluding hydrogens is 386 g/mol. The van der Waals surface area contributed by atoms with Gasteiger partial charge in [-0.2, -0.15) is 4.98 Å². The van der Waals surface area contributed by atoms with Crippen LogP contribution >= 0.6 is 0 Å². The third kappa shape index (κ3) is 3.57. The molecule has 0 amide bonds. The molecule has 0 aliphatic heterocycles. The second-order valence-electron chi connectivity index (χ2n) is 7.70. The number of benzene rings is 2. The van der Waals surface area contributed by atoms with Gasteiger partial charge in [0.05, 0.1) is 5.69 Å². The van der Waals surface area contributed by atoms with Gasteiger partial charge in [0.15, 0.2) is 0 Å². The maximum absolute atomic E-state index is 5.36. The molecular formula is C25H23N5O. The zero-order valence-corrected chi connectivity index (χ0v) is 17.8. The van der Waals surface area contributed by atoms with E-state index in [2.05, 4.69) is 58.1 Å². The van der Waals surface area contributed by atoms with Gasteiger partial charge in [-0.05, 0) is 36.6 Å². The van der Waals surface area contributed by atoms with Gasteiger partial charge in [0.2, 0.25) is 5.95 Å². The first-order valence-electron chi connectivity index (χ1n) is 10.2. The van der Waals surface area contributed by atoms with E-state index in [0.717, 1.165) is 44.7 Å². The van der Waals surface area contributed by atoms with E-state index in [-0.39, 0.29) is 0 Å². The zero-order chi connectivity index (χ0) is 21.4.